The van der Waals surface area contributed by atoms with E-state index in [0.29, 0.717) is 45.4 Å². The van der Waals surface area contributed by atoms with Gasteiger partial charge in [-0.15, -0.1) is 13.2 Å². The maximum Gasteiger partial charge on any atom is 0.248 e. The van der Waals surface area contributed by atoms with Crippen LogP contribution in [0.5, 0.6) is 0 Å². The Morgan fingerprint density at radius 3 is 2.46 bits per heavy atom. The summed E-state index contributed by atoms with van der Waals surface area (Å²) in [7, 11) is 0. The van der Waals surface area contributed by atoms with Gasteiger partial charge in [-0.25, -0.2) is 0 Å². The Labute approximate surface area is 232 Å². The molecule has 6 atom stereocenters. The molecule has 3 aliphatic rings. The Morgan fingerprint density at radius 2 is 1.85 bits per heavy atom. The maximum absolute atomic E-state index is 14.2. The third-order valence-electron chi connectivity index (χ3n) is 8.65. The highest BCUT2D eigenvalue weighted by molar-refractivity contribution is 5.99. The molecule has 3 aliphatic heterocycles. The molecule has 39 heavy (non-hydrogen) atoms. The number of unbranched alkanes of at least 4 members (excludes halogenated alkanes) is 1. The average molecular weight is 538 g/mol. The molecule has 1 N–H and O–H groups in total. The van der Waals surface area contributed by atoms with Gasteiger partial charge in [-0.2, -0.15) is 0 Å². The van der Waals surface area contributed by atoms with Crippen LogP contribution in [0.15, 0.2) is 55.6 Å². The number of likely N-dealkylation sites (tertiary alicyclic amines) is 1. The summed E-state index contributed by atoms with van der Waals surface area (Å²) in [5, 5.41) is 10.3. The molecule has 8 heteroatoms. The van der Waals surface area contributed by atoms with E-state index in [4.69, 9.17) is 4.74 Å². The standard InChI is InChI=1S/C31H43N3O5/c1-5-9-19-32(17-6-2)30(38)27-31-16-15-24(39-31)25(26(31)29(37)34(27)23(8-4)21-35)28(36)33(18-7-3)20-22-13-11-10-12-14-22/h6-7,10-14,23-27,35H,2-3,5,8-9,15-21H2,1,4H3/t23-,24-,25+,26-,27?,31?/m0/s1. The fraction of sp³-hybridized carbons (Fsp3) is 0.581. The molecule has 3 fully saturated rings. The number of ether oxygens (including phenoxy) is 1. The Balaban J connectivity index is 1.72. The molecule has 1 aromatic carbocycles. The second-order valence-electron chi connectivity index (χ2n) is 11.0. The third kappa shape index (κ3) is 5.16. The highest BCUT2D eigenvalue weighted by Gasteiger charge is 2.75. The molecule has 0 aliphatic carbocycles. The molecule has 3 saturated heterocycles. The fourth-order valence-electron chi connectivity index (χ4n) is 6.83. The molecule has 0 aromatic heterocycles. The summed E-state index contributed by atoms with van der Waals surface area (Å²) in [5.74, 6) is -2.05. The summed E-state index contributed by atoms with van der Waals surface area (Å²) in [4.78, 5) is 47.7. The zero-order valence-corrected chi connectivity index (χ0v) is 23.3. The van der Waals surface area contributed by atoms with E-state index < -0.39 is 35.6 Å². The summed E-state index contributed by atoms with van der Waals surface area (Å²) >= 11 is 0. The van der Waals surface area contributed by atoms with E-state index >= 15 is 0 Å². The van der Waals surface area contributed by atoms with E-state index in [0.717, 1.165) is 18.4 Å². The number of aliphatic hydroxyl groups excluding tert-OH is 1. The number of carbonyl (C=O) groups is 3. The number of amides is 3. The fourth-order valence-corrected chi connectivity index (χ4v) is 6.83. The van der Waals surface area contributed by atoms with Crippen molar-refractivity contribution < 1.29 is 24.2 Å². The number of aliphatic hydroxyl groups is 1. The van der Waals surface area contributed by atoms with Crippen LogP contribution in [0.4, 0.5) is 0 Å². The van der Waals surface area contributed by atoms with Gasteiger partial charge in [0.25, 0.3) is 0 Å². The predicted molar refractivity (Wildman–Crippen MR) is 149 cm³/mol. The summed E-state index contributed by atoms with van der Waals surface area (Å²) in [5.41, 5.74) is -0.0961. The minimum Gasteiger partial charge on any atom is -0.394 e. The van der Waals surface area contributed by atoms with Crippen molar-refractivity contribution in [1.29, 1.82) is 0 Å². The first kappa shape index (κ1) is 29.0. The Hall–Kier alpha value is -2.97. The summed E-state index contributed by atoms with van der Waals surface area (Å²) in [6.45, 7) is 13.0. The average Bonchev–Trinajstić information content (AvgIpc) is 3.59. The summed E-state index contributed by atoms with van der Waals surface area (Å²) in [6, 6.07) is 8.32. The van der Waals surface area contributed by atoms with Gasteiger partial charge in [0.05, 0.1) is 30.6 Å². The molecule has 2 unspecified atom stereocenters. The third-order valence-corrected chi connectivity index (χ3v) is 8.65. The largest absolute Gasteiger partial charge is 0.394 e. The van der Waals surface area contributed by atoms with Crippen molar-refractivity contribution >= 4 is 17.7 Å². The minimum absolute atomic E-state index is 0.150. The topological polar surface area (TPSA) is 90.4 Å². The first-order valence-electron chi connectivity index (χ1n) is 14.3. The second kappa shape index (κ2) is 12.5. The highest BCUT2D eigenvalue weighted by atomic mass is 16.5. The number of benzene rings is 1. The van der Waals surface area contributed by atoms with Crippen molar-refractivity contribution in [3.8, 4) is 0 Å². The van der Waals surface area contributed by atoms with E-state index in [-0.39, 0.29) is 24.3 Å². The second-order valence-corrected chi connectivity index (χ2v) is 11.0. The number of hydrogen-bond donors (Lipinski definition) is 1. The molecule has 2 bridgehead atoms. The van der Waals surface area contributed by atoms with Gasteiger partial charge in [0.2, 0.25) is 17.7 Å². The first-order valence-corrected chi connectivity index (χ1v) is 14.3. The molecule has 3 amide bonds. The lowest BCUT2D eigenvalue weighted by Gasteiger charge is -2.39. The van der Waals surface area contributed by atoms with Crippen molar-refractivity contribution in [3.63, 3.8) is 0 Å². The van der Waals surface area contributed by atoms with Gasteiger partial charge < -0.3 is 24.5 Å². The van der Waals surface area contributed by atoms with Crippen LogP contribution >= 0.6 is 0 Å². The van der Waals surface area contributed by atoms with Crippen LogP contribution in [-0.2, 0) is 25.7 Å². The van der Waals surface area contributed by atoms with E-state index in [9.17, 15) is 19.5 Å². The van der Waals surface area contributed by atoms with Crippen LogP contribution in [0.3, 0.4) is 0 Å². The van der Waals surface area contributed by atoms with Crippen molar-refractivity contribution in [2.45, 2.75) is 76.3 Å². The molecule has 4 rings (SSSR count). The van der Waals surface area contributed by atoms with Crippen LogP contribution in [0.1, 0.15) is 51.5 Å². The number of fused-ring (bicyclic) bond motifs is 1. The van der Waals surface area contributed by atoms with Gasteiger partial charge in [-0.1, -0.05) is 62.8 Å². The minimum atomic E-state index is -1.08. The maximum atomic E-state index is 14.2. The molecule has 0 saturated carbocycles. The van der Waals surface area contributed by atoms with Crippen molar-refractivity contribution in [1.82, 2.24) is 14.7 Å². The van der Waals surface area contributed by atoms with E-state index in [1.807, 2.05) is 37.3 Å². The number of rotatable bonds is 14. The molecular formula is C31H43N3O5. The van der Waals surface area contributed by atoms with Crippen LogP contribution < -0.4 is 0 Å². The number of nitrogens with zero attached hydrogens (tertiary/aromatic N) is 3. The molecule has 8 nitrogen and oxygen atoms in total. The van der Waals surface area contributed by atoms with Crippen LogP contribution in [0.2, 0.25) is 0 Å². The zero-order valence-electron chi connectivity index (χ0n) is 23.3. The van der Waals surface area contributed by atoms with E-state index in [2.05, 4.69) is 20.1 Å². The monoisotopic (exact) mass is 537 g/mol. The Morgan fingerprint density at radius 1 is 1.15 bits per heavy atom. The van der Waals surface area contributed by atoms with Gasteiger partial charge in [-0.05, 0) is 31.2 Å². The van der Waals surface area contributed by atoms with Crippen LogP contribution in [0, 0.1) is 11.8 Å². The normalized spacial score (nSPS) is 27.8. The Kier molecular flexibility index (Phi) is 9.28. The van der Waals surface area contributed by atoms with E-state index in [1.165, 1.54) is 0 Å². The summed E-state index contributed by atoms with van der Waals surface area (Å²) in [6.07, 6.45) is 6.34. The lowest BCUT2D eigenvalue weighted by atomic mass is 9.70. The lowest BCUT2D eigenvalue weighted by Crippen LogP contribution is -2.58. The van der Waals surface area contributed by atoms with Gasteiger partial charge >= 0.3 is 0 Å². The summed E-state index contributed by atoms with van der Waals surface area (Å²) < 4.78 is 6.61. The molecule has 1 spiro atoms. The van der Waals surface area contributed by atoms with Crippen LogP contribution in [-0.4, -0.2) is 87.6 Å². The van der Waals surface area contributed by atoms with Crippen LogP contribution in [0.25, 0.3) is 0 Å². The number of hydrogen-bond acceptors (Lipinski definition) is 5. The van der Waals surface area contributed by atoms with Gasteiger partial charge in [0.1, 0.15) is 11.6 Å². The number of carbonyl (C=O) groups excluding carboxylic acids is 3. The zero-order chi connectivity index (χ0) is 28.2. The lowest BCUT2D eigenvalue weighted by molar-refractivity contribution is -0.152. The predicted octanol–water partition coefficient (Wildman–Crippen LogP) is 3.16. The molecule has 212 valence electrons. The van der Waals surface area contributed by atoms with Crippen molar-refractivity contribution in [2.24, 2.45) is 11.8 Å². The first-order chi connectivity index (χ1) is 18.9. The Bertz CT molecular complexity index is 1060. The molecule has 0 radical (unpaired) electrons. The van der Waals surface area contributed by atoms with Gasteiger partial charge in [-0.3, -0.25) is 14.4 Å². The molecule has 3 heterocycles. The molecular weight excluding hydrogens is 494 g/mol. The SMILES string of the molecule is C=CCN(CCCC)C(=O)C1N([C@@H](CC)CO)C(=O)[C@@H]2[C@H](C(=O)N(CC=C)Cc3ccccc3)[C@@H]3CCC12O3. The van der Waals surface area contributed by atoms with Gasteiger partial charge in [0.15, 0.2) is 0 Å². The van der Waals surface area contributed by atoms with Crippen molar-refractivity contribution in [3.05, 3.63) is 61.2 Å². The van der Waals surface area contributed by atoms with E-state index in [1.54, 1.807) is 26.9 Å². The van der Waals surface area contributed by atoms with Gasteiger partial charge in [0, 0.05) is 26.2 Å². The highest BCUT2D eigenvalue weighted by Crippen LogP contribution is 2.59. The van der Waals surface area contributed by atoms with Crippen molar-refractivity contribution in [2.75, 3.05) is 26.2 Å². The smallest absolute Gasteiger partial charge is 0.248 e. The molecule has 1 aromatic rings. The quantitative estimate of drug-likeness (QED) is 0.368.